The number of halogens is 1. The first kappa shape index (κ1) is 45.4. The Morgan fingerprint density at radius 3 is 1.83 bits per heavy atom. The number of carbonyl (C=O) groups excluding carboxylic acids is 2. The Labute approximate surface area is 319 Å². The maximum Gasteiger partial charge on any atom is 0.238 e. The molecule has 296 valence electrons. The second-order valence-corrected chi connectivity index (χ2v) is 15.9. The molecule has 0 radical (unpaired) electrons. The van der Waals surface area contributed by atoms with Gasteiger partial charge in [0.15, 0.2) is 0 Å². The van der Waals surface area contributed by atoms with Crippen LogP contribution in [0.2, 0.25) is 0 Å². The standard InChI is InChI=1S/C39H62FN7O5S/c1-9-10-23-39(8,36(41)49)47(53-34-17-15-33(16-18-34)52-32-13-11-31(40)12-14-32)27-22-35(48)42-24-19-30(20-25-43-37(4,5)28(2)45-50)21-26-44-38(6,7)29(3)46-51/h11-18,30,43-44,50-51H,9-10,19-27H2,1-8H3,(H2,41,49)(H,42,48)/b45-28-,46-29-. The lowest BCUT2D eigenvalue weighted by Gasteiger charge is -2.38. The Morgan fingerprint density at radius 1 is 0.868 bits per heavy atom. The van der Waals surface area contributed by atoms with Gasteiger partial charge in [0.2, 0.25) is 11.8 Å². The lowest BCUT2D eigenvalue weighted by molar-refractivity contribution is -0.128. The third-order valence-electron chi connectivity index (χ3n) is 9.95. The van der Waals surface area contributed by atoms with E-state index in [1.54, 1.807) is 38.1 Å². The van der Waals surface area contributed by atoms with Crippen LogP contribution in [0.15, 0.2) is 63.7 Å². The van der Waals surface area contributed by atoms with Gasteiger partial charge in [-0.3, -0.25) is 9.59 Å². The van der Waals surface area contributed by atoms with Crippen LogP contribution in [0.25, 0.3) is 0 Å². The van der Waals surface area contributed by atoms with E-state index in [-0.39, 0.29) is 24.1 Å². The van der Waals surface area contributed by atoms with Crippen LogP contribution in [-0.2, 0) is 9.59 Å². The van der Waals surface area contributed by atoms with E-state index < -0.39 is 22.5 Å². The summed E-state index contributed by atoms with van der Waals surface area (Å²) in [7, 11) is 0. The van der Waals surface area contributed by atoms with Crippen LogP contribution in [0, 0.1) is 11.7 Å². The molecular formula is C39H62FN7O5S. The number of hydrogen-bond donors (Lipinski definition) is 6. The molecule has 53 heavy (non-hydrogen) atoms. The molecule has 0 aliphatic heterocycles. The number of ether oxygens (including phenoxy) is 1. The summed E-state index contributed by atoms with van der Waals surface area (Å²) in [6.07, 6.45) is 4.82. The summed E-state index contributed by atoms with van der Waals surface area (Å²) < 4.78 is 21.1. The fraction of sp³-hybridized carbons (Fsp3) is 0.590. The summed E-state index contributed by atoms with van der Waals surface area (Å²) >= 11 is 1.38. The van der Waals surface area contributed by atoms with Crippen molar-refractivity contribution in [3.63, 3.8) is 0 Å². The number of carbonyl (C=O) groups is 2. The Morgan fingerprint density at radius 2 is 1.36 bits per heavy atom. The van der Waals surface area contributed by atoms with E-state index >= 15 is 0 Å². The van der Waals surface area contributed by atoms with Crippen molar-refractivity contribution in [2.75, 3.05) is 26.2 Å². The van der Waals surface area contributed by atoms with Crippen molar-refractivity contribution in [2.45, 2.75) is 122 Å². The predicted octanol–water partition coefficient (Wildman–Crippen LogP) is 7.09. The van der Waals surface area contributed by atoms with Gasteiger partial charge in [0, 0.05) is 24.4 Å². The molecule has 0 aliphatic rings. The first-order valence-corrected chi connectivity index (χ1v) is 19.2. The minimum Gasteiger partial charge on any atom is -0.457 e. The molecule has 14 heteroatoms. The van der Waals surface area contributed by atoms with Crippen LogP contribution >= 0.6 is 11.9 Å². The van der Waals surface area contributed by atoms with Crippen molar-refractivity contribution >= 4 is 35.2 Å². The quantitative estimate of drug-likeness (QED) is 0.0267. The third-order valence-corrected chi connectivity index (χ3v) is 11.2. The molecule has 0 aliphatic carbocycles. The Balaban J connectivity index is 2.08. The molecule has 0 aromatic heterocycles. The van der Waals surface area contributed by atoms with E-state index in [0.29, 0.717) is 55.5 Å². The Kier molecular flexibility index (Phi) is 18.7. The molecule has 0 spiro atoms. The van der Waals surface area contributed by atoms with Crippen LogP contribution in [0.4, 0.5) is 4.39 Å². The van der Waals surface area contributed by atoms with Crippen molar-refractivity contribution < 1.29 is 29.1 Å². The molecule has 2 aromatic carbocycles. The average molecular weight is 760 g/mol. The number of hydrogen-bond acceptors (Lipinski definition) is 11. The van der Waals surface area contributed by atoms with Crippen LogP contribution < -0.4 is 26.4 Å². The monoisotopic (exact) mass is 759 g/mol. The van der Waals surface area contributed by atoms with Gasteiger partial charge in [-0.05, 0) is 154 Å². The molecular weight excluding hydrogens is 698 g/mol. The van der Waals surface area contributed by atoms with E-state index in [1.165, 1.54) is 24.1 Å². The predicted molar refractivity (Wildman–Crippen MR) is 212 cm³/mol. The van der Waals surface area contributed by atoms with Crippen molar-refractivity contribution in [3.05, 3.63) is 54.3 Å². The van der Waals surface area contributed by atoms with E-state index in [1.807, 2.05) is 51.1 Å². The van der Waals surface area contributed by atoms with Crippen LogP contribution in [-0.4, -0.2) is 80.8 Å². The second-order valence-electron chi connectivity index (χ2n) is 14.8. The SMILES string of the molecule is CCCCC(C)(C(N)=O)N(CCC(=O)NCCC(CCNC(C)(C)/C(C)=N\O)CCNC(C)(C)/C(C)=N\O)Sc1ccc(Oc2ccc(F)cc2)cc1. The van der Waals surface area contributed by atoms with Crippen LogP contribution in [0.5, 0.6) is 11.5 Å². The summed E-state index contributed by atoms with van der Waals surface area (Å²) in [6.45, 7) is 17.4. The zero-order chi connectivity index (χ0) is 39.7. The number of oxime groups is 2. The van der Waals surface area contributed by atoms with Gasteiger partial charge in [0.1, 0.15) is 22.9 Å². The second kappa shape index (κ2) is 21.9. The summed E-state index contributed by atoms with van der Waals surface area (Å²) in [4.78, 5) is 27.0. The van der Waals surface area contributed by atoms with Gasteiger partial charge in [-0.2, -0.15) is 0 Å². The van der Waals surface area contributed by atoms with Crippen molar-refractivity contribution in [2.24, 2.45) is 22.0 Å². The van der Waals surface area contributed by atoms with E-state index in [2.05, 4.69) is 33.2 Å². The maximum absolute atomic E-state index is 13.3. The minimum atomic E-state index is -0.991. The first-order chi connectivity index (χ1) is 25.0. The molecule has 0 saturated heterocycles. The molecule has 0 fully saturated rings. The van der Waals surface area contributed by atoms with Gasteiger partial charge >= 0.3 is 0 Å². The third kappa shape index (κ3) is 15.3. The fourth-order valence-electron chi connectivity index (χ4n) is 5.44. The zero-order valence-electron chi connectivity index (χ0n) is 32.8. The number of primary amides is 1. The highest BCUT2D eigenvalue weighted by molar-refractivity contribution is 7.97. The Hall–Kier alpha value is -3.72. The summed E-state index contributed by atoms with van der Waals surface area (Å²) in [5, 5.41) is 35.2. The summed E-state index contributed by atoms with van der Waals surface area (Å²) in [5.74, 6) is 0.436. The van der Waals surface area contributed by atoms with Crippen molar-refractivity contribution in [1.29, 1.82) is 0 Å². The lowest BCUT2D eigenvalue weighted by atomic mass is 9.93. The normalized spacial score (nSPS) is 14.0. The van der Waals surface area contributed by atoms with Gasteiger partial charge in [-0.25, -0.2) is 8.70 Å². The smallest absolute Gasteiger partial charge is 0.238 e. The van der Waals surface area contributed by atoms with E-state index in [4.69, 9.17) is 10.5 Å². The van der Waals surface area contributed by atoms with Gasteiger partial charge in [-0.15, -0.1) is 0 Å². The number of benzene rings is 2. The summed E-state index contributed by atoms with van der Waals surface area (Å²) in [5.41, 5.74) is 5.25. The average Bonchev–Trinajstić information content (AvgIpc) is 3.12. The number of amides is 2. The number of rotatable bonds is 25. The van der Waals surface area contributed by atoms with Crippen molar-refractivity contribution in [3.8, 4) is 11.5 Å². The molecule has 0 saturated carbocycles. The largest absolute Gasteiger partial charge is 0.457 e. The lowest BCUT2D eigenvalue weighted by Crippen LogP contribution is -2.53. The molecule has 2 aromatic rings. The molecule has 2 amide bonds. The molecule has 7 N–H and O–H groups in total. The van der Waals surface area contributed by atoms with Crippen LogP contribution in [0.3, 0.4) is 0 Å². The number of unbranched alkanes of at least 4 members (excludes halogenated alkanes) is 1. The minimum absolute atomic E-state index is 0.122. The molecule has 2 rings (SSSR count). The highest BCUT2D eigenvalue weighted by atomic mass is 32.2. The molecule has 0 bridgehead atoms. The van der Waals surface area contributed by atoms with Crippen LogP contribution in [0.1, 0.15) is 100 Å². The maximum atomic E-state index is 13.3. The van der Waals surface area contributed by atoms with Gasteiger partial charge < -0.3 is 36.8 Å². The zero-order valence-corrected chi connectivity index (χ0v) is 33.6. The molecule has 12 nitrogen and oxygen atoms in total. The molecule has 1 atom stereocenters. The van der Waals surface area contributed by atoms with Gasteiger partial charge in [-0.1, -0.05) is 30.1 Å². The first-order valence-electron chi connectivity index (χ1n) is 18.4. The topological polar surface area (TPSA) is 174 Å². The van der Waals surface area contributed by atoms with Gasteiger partial charge in [0.25, 0.3) is 0 Å². The number of nitrogens with one attached hydrogen (secondary N) is 3. The summed E-state index contributed by atoms with van der Waals surface area (Å²) in [6, 6.07) is 13.1. The Bertz CT molecular complexity index is 1450. The van der Waals surface area contributed by atoms with Gasteiger partial charge in [0.05, 0.1) is 22.5 Å². The molecule has 0 heterocycles. The van der Waals surface area contributed by atoms with E-state index in [0.717, 1.165) is 37.0 Å². The number of nitrogens with two attached hydrogens (primary N) is 1. The van der Waals surface area contributed by atoms with Crippen molar-refractivity contribution in [1.82, 2.24) is 20.3 Å². The number of nitrogens with zero attached hydrogens (tertiary/aromatic N) is 3. The fourth-order valence-corrected chi connectivity index (χ4v) is 6.52. The highest BCUT2D eigenvalue weighted by Gasteiger charge is 2.38. The van der Waals surface area contributed by atoms with E-state index in [9.17, 15) is 24.4 Å². The highest BCUT2D eigenvalue weighted by Crippen LogP contribution is 2.35. The molecule has 1 unspecified atom stereocenters.